The molecule has 1 aromatic carbocycles. The standard InChI is InChI=1S/C14H17Cl2N3O3/c15-9-1-2-11(10(16)7-9)18-13(20)8-12(14(21)22)19-5-3-17-4-6-19/h1-2,7,12,17H,3-6,8H2,(H,18,20)(H,21,22)/p+1/t12-/m1/s1. The molecular formula is C14H18Cl2N3O3+. The minimum atomic E-state index is -1.20. The van der Waals surface area contributed by atoms with Crippen molar-refractivity contribution in [2.45, 2.75) is 12.5 Å². The molecule has 0 unspecified atom stereocenters. The SMILES string of the molecule is O=C(C[C@H](C(=O)[O-])[NH+]1CC[NH2+]CC1)Nc1ccc(Cl)cc1Cl. The second-order valence-electron chi connectivity index (χ2n) is 5.27. The maximum atomic E-state index is 12.1. The summed E-state index contributed by atoms with van der Waals surface area (Å²) >= 11 is 11.8. The van der Waals surface area contributed by atoms with E-state index in [4.69, 9.17) is 23.2 Å². The molecule has 1 saturated heterocycles. The van der Waals surface area contributed by atoms with Crippen molar-refractivity contribution < 1.29 is 24.9 Å². The number of amides is 1. The van der Waals surface area contributed by atoms with Crippen LogP contribution in [0.5, 0.6) is 0 Å². The molecule has 1 heterocycles. The zero-order valence-electron chi connectivity index (χ0n) is 11.9. The van der Waals surface area contributed by atoms with Crippen LogP contribution < -0.4 is 20.6 Å². The summed E-state index contributed by atoms with van der Waals surface area (Å²) in [5, 5.41) is 16.9. The Kier molecular flexibility index (Phi) is 6.02. The van der Waals surface area contributed by atoms with Gasteiger partial charge in [0.05, 0.1) is 23.1 Å². The van der Waals surface area contributed by atoms with Crippen molar-refractivity contribution in [2.75, 3.05) is 31.5 Å². The summed E-state index contributed by atoms with van der Waals surface area (Å²) < 4.78 is 0. The molecule has 0 saturated carbocycles. The monoisotopic (exact) mass is 346 g/mol. The van der Waals surface area contributed by atoms with Gasteiger partial charge in [0, 0.05) is 5.02 Å². The summed E-state index contributed by atoms with van der Waals surface area (Å²) in [6.45, 7) is 3.11. The molecule has 0 bridgehead atoms. The van der Waals surface area contributed by atoms with Crippen LogP contribution in [-0.4, -0.2) is 44.1 Å². The van der Waals surface area contributed by atoms with Crippen molar-refractivity contribution in [3.8, 4) is 0 Å². The van der Waals surface area contributed by atoms with E-state index in [-0.39, 0.29) is 6.42 Å². The van der Waals surface area contributed by atoms with Crippen LogP contribution in [0.4, 0.5) is 5.69 Å². The molecule has 0 spiro atoms. The Hall–Kier alpha value is -1.34. The molecule has 1 aromatic rings. The Morgan fingerprint density at radius 3 is 2.59 bits per heavy atom. The number of carbonyl (C=O) groups is 2. The number of aliphatic carboxylic acids is 1. The predicted octanol–water partition coefficient (Wildman–Crippen LogP) is -2.10. The molecular weight excluding hydrogens is 329 g/mol. The van der Waals surface area contributed by atoms with E-state index >= 15 is 0 Å². The van der Waals surface area contributed by atoms with Crippen molar-refractivity contribution >= 4 is 40.8 Å². The van der Waals surface area contributed by atoms with Crippen LogP contribution in [0, 0.1) is 0 Å². The largest absolute Gasteiger partial charge is 0.544 e. The molecule has 0 aliphatic carbocycles. The first-order chi connectivity index (χ1) is 10.5. The lowest BCUT2D eigenvalue weighted by molar-refractivity contribution is -0.961. The van der Waals surface area contributed by atoms with Crippen LogP contribution in [-0.2, 0) is 9.59 Å². The second kappa shape index (κ2) is 7.78. The highest BCUT2D eigenvalue weighted by molar-refractivity contribution is 6.36. The van der Waals surface area contributed by atoms with Gasteiger partial charge in [-0.15, -0.1) is 0 Å². The van der Waals surface area contributed by atoms with Gasteiger partial charge in [-0.2, -0.15) is 0 Å². The number of hydrogen-bond donors (Lipinski definition) is 3. The third-order valence-electron chi connectivity index (χ3n) is 3.71. The van der Waals surface area contributed by atoms with Crippen LogP contribution in [0.15, 0.2) is 18.2 Å². The average molecular weight is 347 g/mol. The molecule has 8 heteroatoms. The number of rotatable bonds is 5. The molecule has 0 radical (unpaired) electrons. The van der Waals surface area contributed by atoms with Crippen LogP contribution in [0.25, 0.3) is 0 Å². The molecule has 2 rings (SSSR count). The Bertz CT molecular complexity index is 562. The van der Waals surface area contributed by atoms with Gasteiger partial charge in [-0.3, -0.25) is 4.79 Å². The van der Waals surface area contributed by atoms with Gasteiger partial charge in [0.2, 0.25) is 5.91 Å². The summed E-state index contributed by atoms with van der Waals surface area (Å²) in [5.41, 5.74) is 0.412. The Morgan fingerprint density at radius 2 is 2.00 bits per heavy atom. The van der Waals surface area contributed by atoms with Crippen molar-refractivity contribution in [3.05, 3.63) is 28.2 Å². The Morgan fingerprint density at radius 1 is 1.32 bits per heavy atom. The zero-order chi connectivity index (χ0) is 16.1. The number of anilines is 1. The minimum Gasteiger partial charge on any atom is -0.544 e. The predicted molar refractivity (Wildman–Crippen MR) is 80.9 cm³/mol. The van der Waals surface area contributed by atoms with Crippen molar-refractivity contribution in [1.82, 2.24) is 0 Å². The number of nitrogens with two attached hydrogens (primary N) is 1. The van der Waals surface area contributed by atoms with Gasteiger partial charge in [-0.1, -0.05) is 23.2 Å². The molecule has 120 valence electrons. The highest BCUT2D eigenvalue weighted by atomic mass is 35.5. The van der Waals surface area contributed by atoms with Gasteiger partial charge in [0.15, 0.2) is 0 Å². The van der Waals surface area contributed by atoms with E-state index in [0.717, 1.165) is 18.0 Å². The van der Waals surface area contributed by atoms with Gasteiger partial charge >= 0.3 is 0 Å². The molecule has 1 aliphatic rings. The molecule has 22 heavy (non-hydrogen) atoms. The maximum absolute atomic E-state index is 12.1. The highest BCUT2D eigenvalue weighted by Crippen LogP contribution is 2.25. The van der Waals surface area contributed by atoms with Gasteiger partial charge in [0.1, 0.15) is 32.2 Å². The van der Waals surface area contributed by atoms with Crippen molar-refractivity contribution in [3.63, 3.8) is 0 Å². The smallest absolute Gasteiger partial charge is 0.230 e. The summed E-state index contributed by atoms with van der Waals surface area (Å²) in [4.78, 5) is 24.3. The van der Waals surface area contributed by atoms with E-state index in [0.29, 0.717) is 28.8 Å². The first kappa shape index (κ1) is 17.0. The van der Waals surface area contributed by atoms with E-state index < -0.39 is 17.9 Å². The lowest BCUT2D eigenvalue weighted by atomic mass is 10.1. The topological polar surface area (TPSA) is 90.3 Å². The van der Waals surface area contributed by atoms with Gasteiger partial charge in [-0.05, 0) is 18.2 Å². The molecule has 1 amide bonds. The lowest BCUT2D eigenvalue weighted by Crippen LogP contribution is -3.24. The fourth-order valence-corrected chi connectivity index (χ4v) is 3.02. The molecule has 6 nitrogen and oxygen atoms in total. The van der Waals surface area contributed by atoms with Crippen LogP contribution in [0.2, 0.25) is 10.0 Å². The van der Waals surface area contributed by atoms with Gasteiger partial charge in [0.25, 0.3) is 0 Å². The first-order valence-electron chi connectivity index (χ1n) is 7.09. The Balaban J connectivity index is 2.00. The number of carboxylic acid groups (broad SMARTS) is 1. The van der Waals surface area contributed by atoms with E-state index in [1.807, 2.05) is 0 Å². The third-order valence-corrected chi connectivity index (χ3v) is 4.26. The van der Waals surface area contributed by atoms with Crippen LogP contribution >= 0.6 is 23.2 Å². The number of benzene rings is 1. The summed E-state index contributed by atoms with van der Waals surface area (Å²) in [5.74, 6) is -1.60. The highest BCUT2D eigenvalue weighted by Gasteiger charge is 2.29. The fraction of sp³-hybridized carbons (Fsp3) is 0.429. The zero-order valence-corrected chi connectivity index (χ0v) is 13.4. The number of hydrogen-bond acceptors (Lipinski definition) is 3. The van der Waals surface area contributed by atoms with Crippen molar-refractivity contribution in [1.29, 1.82) is 0 Å². The first-order valence-corrected chi connectivity index (χ1v) is 7.85. The van der Waals surface area contributed by atoms with E-state index in [2.05, 4.69) is 10.6 Å². The fourth-order valence-electron chi connectivity index (χ4n) is 2.56. The summed E-state index contributed by atoms with van der Waals surface area (Å²) in [6, 6.07) is 3.85. The number of carboxylic acids is 1. The molecule has 4 N–H and O–H groups in total. The van der Waals surface area contributed by atoms with Gasteiger partial charge < -0.3 is 25.4 Å². The number of quaternary nitrogens is 2. The van der Waals surface area contributed by atoms with Crippen molar-refractivity contribution in [2.24, 2.45) is 0 Å². The molecule has 1 atom stereocenters. The Labute approximate surface area is 138 Å². The van der Waals surface area contributed by atoms with Crippen LogP contribution in [0.1, 0.15) is 6.42 Å². The second-order valence-corrected chi connectivity index (χ2v) is 6.12. The lowest BCUT2D eigenvalue weighted by Gasteiger charge is -2.30. The quantitative estimate of drug-likeness (QED) is 0.570. The van der Waals surface area contributed by atoms with E-state index in [9.17, 15) is 14.7 Å². The van der Waals surface area contributed by atoms with E-state index in [1.54, 1.807) is 12.1 Å². The minimum absolute atomic E-state index is 0.142. The molecule has 1 aliphatic heterocycles. The van der Waals surface area contributed by atoms with E-state index in [1.165, 1.54) is 6.07 Å². The van der Waals surface area contributed by atoms with Gasteiger partial charge in [-0.25, -0.2) is 0 Å². The molecule has 0 aromatic heterocycles. The number of nitrogens with one attached hydrogen (secondary N) is 2. The van der Waals surface area contributed by atoms with Crippen LogP contribution in [0.3, 0.4) is 0 Å². The number of piperazine rings is 1. The summed E-state index contributed by atoms with van der Waals surface area (Å²) in [6.07, 6.45) is -0.142. The number of halogens is 2. The third kappa shape index (κ3) is 4.58. The maximum Gasteiger partial charge on any atom is 0.230 e. The normalized spacial score (nSPS) is 17.0. The average Bonchev–Trinajstić information content (AvgIpc) is 2.48. The molecule has 1 fully saturated rings. The summed E-state index contributed by atoms with van der Waals surface area (Å²) in [7, 11) is 0. The number of carbonyl (C=O) groups excluding carboxylic acids is 2.